The molecule has 2 aromatic rings. The van der Waals surface area contributed by atoms with Crippen molar-refractivity contribution in [1.82, 2.24) is 4.98 Å². The highest BCUT2D eigenvalue weighted by molar-refractivity contribution is 6.37. The second-order valence-corrected chi connectivity index (χ2v) is 4.75. The van der Waals surface area contributed by atoms with Crippen LogP contribution in [0.2, 0.25) is 10.0 Å². The first-order valence-corrected chi connectivity index (χ1v) is 6.82. The van der Waals surface area contributed by atoms with E-state index >= 15 is 0 Å². The van der Waals surface area contributed by atoms with Gasteiger partial charge in [0.05, 0.1) is 16.3 Å². The maximum atomic E-state index is 6.10. The quantitative estimate of drug-likeness (QED) is 0.844. The lowest BCUT2D eigenvalue weighted by Crippen LogP contribution is -2.08. The minimum absolute atomic E-state index is 0.506. The van der Waals surface area contributed by atoms with Crippen molar-refractivity contribution in [3.63, 3.8) is 0 Å². The molecule has 102 valence electrons. The van der Waals surface area contributed by atoms with Crippen LogP contribution in [0.3, 0.4) is 0 Å². The first-order chi connectivity index (χ1) is 9.20. The normalized spacial score (nSPS) is 10.5. The molecule has 2 aromatic heterocycles. The average molecular weight is 300 g/mol. The number of pyridine rings is 1. The summed E-state index contributed by atoms with van der Waals surface area (Å²) in [6.07, 6.45) is 2.43. The molecule has 4 nitrogen and oxygen atoms in total. The minimum Gasteiger partial charge on any atom is -0.469 e. The molecule has 0 aliphatic rings. The lowest BCUT2D eigenvalue weighted by Gasteiger charge is -2.11. The van der Waals surface area contributed by atoms with E-state index in [4.69, 9.17) is 27.6 Å². The van der Waals surface area contributed by atoms with Gasteiger partial charge in [0.1, 0.15) is 17.4 Å². The smallest absolute Gasteiger partial charge is 0.147 e. The Morgan fingerprint density at radius 2 is 1.95 bits per heavy atom. The van der Waals surface area contributed by atoms with Crippen molar-refractivity contribution in [1.29, 1.82) is 0 Å². The van der Waals surface area contributed by atoms with Gasteiger partial charge in [-0.1, -0.05) is 23.2 Å². The van der Waals surface area contributed by atoms with Crippen LogP contribution < -0.4 is 10.6 Å². The molecule has 0 atom stereocenters. The second-order valence-electron chi connectivity index (χ2n) is 3.94. The van der Waals surface area contributed by atoms with Crippen LogP contribution in [0.1, 0.15) is 12.7 Å². The second kappa shape index (κ2) is 6.68. The fourth-order valence-corrected chi connectivity index (χ4v) is 2.13. The number of nitrogens with one attached hydrogen (secondary N) is 2. The number of furan rings is 1. The van der Waals surface area contributed by atoms with Gasteiger partial charge in [-0.2, -0.15) is 0 Å². The Morgan fingerprint density at radius 3 is 2.58 bits per heavy atom. The van der Waals surface area contributed by atoms with E-state index in [1.165, 1.54) is 0 Å². The first kappa shape index (κ1) is 14.0. The van der Waals surface area contributed by atoms with E-state index in [9.17, 15) is 0 Å². The number of nitrogens with zero attached hydrogens (tertiary/aromatic N) is 1. The van der Waals surface area contributed by atoms with Gasteiger partial charge in [0.25, 0.3) is 0 Å². The molecule has 0 fully saturated rings. The van der Waals surface area contributed by atoms with E-state index < -0.39 is 0 Å². The zero-order valence-electron chi connectivity index (χ0n) is 10.5. The monoisotopic (exact) mass is 299 g/mol. The molecule has 0 saturated carbocycles. The Hall–Kier alpha value is -1.39. The zero-order valence-corrected chi connectivity index (χ0v) is 12.1. The molecule has 2 N–H and O–H groups in total. The van der Waals surface area contributed by atoms with E-state index in [1.807, 2.05) is 19.1 Å². The molecule has 0 aromatic carbocycles. The van der Waals surface area contributed by atoms with Gasteiger partial charge >= 0.3 is 0 Å². The van der Waals surface area contributed by atoms with E-state index in [0.29, 0.717) is 28.2 Å². The summed E-state index contributed by atoms with van der Waals surface area (Å²) in [5.41, 5.74) is 0. The average Bonchev–Trinajstić information content (AvgIpc) is 2.88. The maximum Gasteiger partial charge on any atom is 0.147 e. The molecule has 19 heavy (non-hydrogen) atoms. The van der Waals surface area contributed by atoms with Crippen molar-refractivity contribution in [3.8, 4) is 0 Å². The van der Waals surface area contributed by atoms with Crippen LogP contribution in [0, 0.1) is 0 Å². The molecule has 0 bridgehead atoms. The predicted octanol–water partition coefficient (Wildman–Crippen LogP) is 4.07. The van der Waals surface area contributed by atoms with Crippen LogP contribution in [0.15, 0.2) is 28.9 Å². The van der Waals surface area contributed by atoms with Gasteiger partial charge in [0.2, 0.25) is 0 Å². The largest absolute Gasteiger partial charge is 0.469 e. The molecule has 0 saturated heterocycles. The third-order valence-corrected chi connectivity index (χ3v) is 3.09. The fourth-order valence-electron chi connectivity index (χ4n) is 1.64. The molecule has 6 heteroatoms. The van der Waals surface area contributed by atoms with Gasteiger partial charge in [0.15, 0.2) is 0 Å². The Labute approximate surface area is 122 Å². The molecule has 0 radical (unpaired) electrons. The summed E-state index contributed by atoms with van der Waals surface area (Å²) in [4.78, 5) is 4.36. The number of halogens is 2. The van der Waals surface area contributed by atoms with Gasteiger partial charge in [-0.25, -0.2) is 4.98 Å². The molecule has 0 spiro atoms. The van der Waals surface area contributed by atoms with Gasteiger partial charge in [0, 0.05) is 19.5 Å². The van der Waals surface area contributed by atoms with Gasteiger partial charge in [-0.05, 0) is 25.1 Å². The molecule has 0 amide bonds. The Morgan fingerprint density at radius 1 is 1.21 bits per heavy atom. The highest BCUT2D eigenvalue weighted by Gasteiger charge is 2.08. The predicted molar refractivity (Wildman–Crippen MR) is 79.3 cm³/mol. The third kappa shape index (κ3) is 3.78. The van der Waals surface area contributed by atoms with Crippen molar-refractivity contribution < 1.29 is 4.42 Å². The van der Waals surface area contributed by atoms with Crippen molar-refractivity contribution in [3.05, 3.63) is 40.3 Å². The molecule has 0 aliphatic carbocycles. The van der Waals surface area contributed by atoms with Gasteiger partial charge in [-0.3, -0.25) is 0 Å². The summed E-state index contributed by atoms with van der Waals surface area (Å²) in [7, 11) is 0. The summed E-state index contributed by atoms with van der Waals surface area (Å²) in [5, 5.41) is 7.29. The molecule has 2 heterocycles. The lowest BCUT2D eigenvalue weighted by atomic mass is 10.3. The minimum atomic E-state index is 0.506. The number of anilines is 2. The van der Waals surface area contributed by atoms with Crippen LogP contribution in [0.4, 0.5) is 11.6 Å². The number of hydrogen-bond donors (Lipinski definition) is 2. The maximum absolute atomic E-state index is 6.10. The standard InChI is InChI=1S/C13H15Cl2N3O/c1-2-16-12-10(14)8-11(15)13(18-12)17-6-5-9-4-3-7-19-9/h3-4,7-8H,2,5-6H2,1H3,(H2,16,17,18). The summed E-state index contributed by atoms with van der Waals surface area (Å²) in [6, 6.07) is 5.48. The van der Waals surface area contributed by atoms with E-state index in [2.05, 4.69) is 15.6 Å². The van der Waals surface area contributed by atoms with E-state index in [1.54, 1.807) is 12.3 Å². The Balaban J connectivity index is 2.00. The first-order valence-electron chi connectivity index (χ1n) is 6.07. The lowest BCUT2D eigenvalue weighted by molar-refractivity contribution is 0.513. The van der Waals surface area contributed by atoms with Gasteiger partial charge < -0.3 is 15.1 Å². The van der Waals surface area contributed by atoms with Crippen LogP contribution in [0.5, 0.6) is 0 Å². The number of aromatic nitrogens is 1. The van der Waals surface area contributed by atoms with E-state index in [-0.39, 0.29) is 0 Å². The Kier molecular flexibility index (Phi) is 4.93. The molecule has 0 aliphatic heterocycles. The topological polar surface area (TPSA) is 50.1 Å². The zero-order chi connectivity index (χ0) is 13.7. The summed E-state index contributed by atoms with van der Waals surface area (Å²) < 4.78 is 5.26. The van der Waals surface area contributed by atoms with Gasteiger partial charge in [-0.15, -0.1) is 0 Å². The fraction of sp³-hybridized carbons (Fsp3) is 0.308. The van der Waals surface area contributed by atoms with Crippen molar-refractivity contribution >= 4 is 34.8 Å². The highest BCUT2D eigenvalue weighted by Crippen LogP contribution is 2.29. The van der Waals surface area contributed by atoms with Crippen LogP contribution in [0.25, 0.3) is 0 Å². The molecule has 0 unspecified atom stereocenters. The summed E-state index contributed by atoms with van der Waals surface area (Å²) in [5.74, 6) is 2.17. The number of rotatable bonds is 6. The molecular formula is C13H15Cl2N3O. The van der Waals surface area contributed by atoms with Crippen LogP contribution in [-0.2, 0) is 6.42 Å². The Bertz CT molecular complexity index is 529. The van der Waals surface area contributed by atoms with Crippen molar-refractivity contribution in [2.45, 2.75) is 13.3 Å². The van der Waals surface area contributed by atoms with E-state index in [0.717, 1.165) is 18.7 Å². The number of hydrogen-bond acceptors (Lipinski definition) is 4. The summed E-state index contributed by atoms with van der Waals surface area (Å²) >= 11 is 12.1. The van der Waals surface area contributed by atoms with Crippen LogP contribution in [-0.4, -0.2) is 18.1 Å². The van der Waals surface area contributed by atoms with Crippen molar-refractivity contribution in [2.24, 2.45) is 0 Å². The third-order valence-electron chi connectivity index (χ3n) is 2.52. The molecular weight excluding hydrogens is 285 g/mol. The SMILES string of the molecule is CCNc1nc(NCCc2ccco2)c(Cl)cc1Cl. The van der Waals surface area contributed by atoms with Crippen LogP contribution >= 0.6 is 23.2 Å². The summed E-state index contributed by atoms with van der Waals surface area (Å²) in [6.45, 7) is 3.42. The molecule has 2 rings (SSSR count). The highest BCUT2D eigenvalue weighted by atomic mass is 35.5. The van der Waals surface area contributed by atoms with Crippen molar-refractivity contribution in [2.75, 3.05) is 23.7 Å².